The highest BCUT2D eigenvalue weighted by Gasteiger charge is 2.17. The summed E-state index contributed by atoms with van der Waals surface area (Å²) in [5, 5.41) is 16.3. The molecule has 1 fully saturated rings. The normalized spacial score (nSPS) is 15.9. The van der Waals surface area contributed by atoms with Crippen LogP contribution in [0.4, 0.5) is 11.6 Å². The zero-order valence-corrected chi connectivity index (χ0v) is 17.4. The van der Waals surface area contributed by atoms with Gasteiger partial charge in [-0.15, -0.1) is 0 Å². The fraction of sp³-hybridized carbons (Fsp3) is 0.348. The number of benzene rings is 1. The molecule has 1 aromatic carbocycles. The Morgan fingerprint density at radius 2 is 2.16 bits per heavy atom. The van der Waals surface area contributed by atoms with Crippen LogP contribution in [0.3, 0.4) is 0 Å². The van der Waals surface area contributed by atoms with Gasteiger partial charge in [0, 0.05) is 43.0 Å². The molecule has 0 amide bonds. The highest BCUT2D eigenvalue weighted by molar-refractivity contribution is 5.96. The molecule has 0 saturated carbocycles. The number of hydrogen-bond acceptors (Lipinski definition) is 7. The molecular weight excluding hydrogens is 392 g/mol. The Labute approximate surface area is 180 Å². The Hall–Kier alpha value is -3.57. The van der Waals surface area contributed by atoms with E-state index in [-0.39, 0.29) is 24.7 Å². The van der Waals surface area contributed by atoms with Crippen LogP contribution in [0.15, 0.2) is 42.9 Å². The maximum atomic E-state index is 12.1. The average Bonchev–Trinajstić information content (AvgIpc) is 3.28. The zero-order chi connectivity index (χ0) is 21.6. The number of nitrogens with zero attached hydrogens (tertiary/aromatic N) is 5. The minimum absolute atomic E-state index is 0.0322. The molecule has 1 unspecified atom stereocenters. The van der Waals surface area contributed by atoms with Crippen LogP contribution in [0.2, 0.25) is 0 Å². The SMILES string of the molecule is Cc1cnc(Nc2cnn(C3CCCOC3)c2)nc1-c1ccc(C(=O)CCC#N)cc1. The molecule has 1 saturated heterocycles. The number of ether oxygens (including phenoxy) is 1. The van der Waals surface area contributed by atoms with Gasteiger partial charge in [0.1, 0.15) is 0 Å². The molecule has 1 aliphatic heterocycles. The second-order valence-electron chi connectivity index (χ2n) is 7.59. The number of ketones is 1. The van der Waals surface area contributed by atoms with Crippen molar-refractivity contribution in [3.8, 4) is 17.3 Å². The molecule has 8 nitrogen and oxygen atoms in total. The summed E-state index contributed by atoms with van der Waals surface area (Å²) in [6.45, 7) is 3.45. The smallest absolute Gasteiger partial charge is 0.227 e. The largest absolute Gasteiger partial charge is 0.379 e. The molecule has 1 N–H and O–H groups in total. The molecule has 8 heteroatoms. The highest BCUT2D eigenvalue weighted by atomic mass is 16.5. The minimum atomic E-state index is -0.0322. The first kappa shape index (κ1) is 20.7. The van der Waals surface area contributed by atoms with E-state index in [1.54, 1.807) is 24.5 Å². The van der Waals surface area contributed by atoms with Crippen molar-refractivity contribution in [1.29, 1.82) is 5.26 Å². The predicted octanol–water partition coefficient (Wildman–Crippen LogP) is 4.23. The van der Waals surface area contributed by atoms with Crippen LogP contribution in [0.25, 0.3) is 11.3 Å². The summed E-state index contributed by atoms with van der Waals surface area (Å²) in [5.74, 6) is 0.449. The van der Waals surface area contributed by atoms with Gasteiger partial charge in [0.25, 0.3) is 0 Å². The van der Waals surface area contributed by atoms with Crippen molar-refractivity contribution < 1.29 is 9.53 Å². The van der Waals surface area contributed by atoms with Crippen LogP contribution in [0.1, 0.15) is 47.6 Å². The first-order chi connectivity index (χ1) is 15.1. The number of Topliss-reactive ketones (excluding diaryl/α,β-unsaturated/α-hetero) is 1. The van der Waals surface area contributed by atoms with E-state index in [4.69, 9.17) is 10.00 Å². The van der Waals surface area contributed by atoms with E-state index in [2.05, 4.69) is 20.4 Å². The Morgan fingerprint density at radius 1 is 1.32 bits per heavy atom. The van der Waals surface area contributed by atoms with E-state index in [1.807, 2.05) is 36.0 Å². The third kappa shape index (κ3) is 4.95. The third-order valence-corrected chi connectivity index (χ3v) is 5.28. The summed E-state index contributed by atoms with van der Waals surface area (Å²) in [6.07, 6.45) is 8.04. The topological polar surface area (TPSA) is 106 Å². The Balaban J connectivity index is 1.49. The number of aryl methyl sites for hydroxylation is 1. The lowest BCUT2D eigenvalue weighted by Crippen LogP contribution is -2.21. The molecule has 0 aliphatic carbocycles. The molecule has 2 aromatic heterocycles. The minimum Gasteiger partial charge on any atom is -0.379 e. The monoisotopic (exact) mass is 416 g/mol. The lowest BCUT2D eigenvalue weighted by molar-refractivity contribution is 0.0549. The molecule has 31 heavy (non-hydrogen) atoms. The summed E-state index contributed by atoms with van der Waals surface area (Å²) < 4.78 is 7.47. The van der Waals surface area contributed by atoms with Crippen molar-refractivity contribution in [2.24, 2.45) is 0 Å². The summed E-state index contributed by atoms with van der Waals surface area (Å²) in [7, 11) is 0. The van der Waals surface area contributed by atoms with Crippen molar-refractivity contribution in [3.63, 3.8) is 0 Å². The van der Waals surface area contributed by atoms with E-state index >= 15 is 0 Å². The summed E-state index contributed by atoms with van der Waals surface area (Å²) >= 11 is 0. The third-order valence-electron chi connectivity index (χ3n) is 5.28. The number of aromatic nitrogens is 4. The predicted molar refractivity (Wildman–Crippen MR) is 116 cm³/mol. The van der Waals surface area contributed by atoms with Crippen LogP contribution in [-0.4, -0.2) is 38.7 Å². The van der Waals surface area contributed by atoms with E-state index in [9.17, 15) is 4.79 Å². The quantitative estimate of drug-likeness (QED) is 0.575. The van der Waals surface area contributed by atoms with Gasteiger partial charge in [-0.05, 0) is 25.3 Å². The number of nitriles is 1. The van der Waals surface area contributed by atoms with Gasteiger partial charge in [-0.25, -0.2) is 9.97 Å². The lowest BCUT2D eigenvalue weighted by atomic mass is 10.0. The van der Waals surface area contributed by atoms with E-state index < -0.39 is 0 Å². The van der Waals surface area contributed by atoms with Crippen molar-refractivity contribution in [3.05, 3.63) is 54.0 Å². The number of anilines is 2. The van der Waals surface area contributed by atoms with Crippen molar-refractivity contribution in [1.82, 2.24) is 19.7 Å². The summed E-state index contributed by atoms with van der Waals surface area (Å²) in [6, 6.07) is 9.57. The van der Waals surface area contributed by atoms with Crippen molar-refractivity contribution in [2.45, 2.75) is 38.6 Å². The number of carbonyl (C=O) groups excluding carboxylic acids is 1. The van der Waals surface area contributed by atoms with Crippen LogP contribution in [0.5, 0.6) is 0 Å². The maximum absolute atomic E-state index is 12.1. The number of hydrogen-bond donors (Lipinski definition) is 1. The second-order valence-corrected chi connectivity index (χ2v) is 7.59. The van der Waals surface area contributed by atoms with Crippen LogP contribution >= 0.6 is 0 Å². The highest BCUT2D eigenvalue weighted by Crippen LogP contribution is 2.25. The van der Waals surface area contributed by atoms with Gasteiger partial charge in [0.2, 0.25) is 5.95 Å². The fourth-order valence-electron chi connectivity index (χ4n) is 3.59. The van der Waals surface area contributed by atoms with E-state index in [1.165, 1.54) is 0 Å². The summed E-state index contributed by atoms with van der Waals surface area (Å²) in [4.78, 5) is 21.2. The number of carbonyl (C=O) groups is 1. The van der Waals surface area contributed by atoms with Crippen LogP contribution in [-0.2, 0) is 4.74 Å². The molecule has 3 aromatic rings. The molecule has 0 spiro atoms. The molecule has 0 bridgehead atoms. The summed E-state index contributed by atoms with van der Waals surface area (Å²) in [5.41, 5.74) is 4.04. The number of rotatable bonds is 7. The van der Waals surface area contributed by atoms with Gasteiger partial charge < -0.3 is 10.1 Å². The van der Waals surface area contributed by atoms with E-state index in [0.717, 1.165) is 42.0 Å². The van der Waals surface area contributed by atoms with Gasteiger partial charge in [-0.1, -0.05) is 24.3 Å². The molecule has 1 aliphatic rings. The van der Waals surface area contributed by atoms with Gasteiger partial charge in [-0.3, -0.25) is 9.48 Å². The van der Waals surface area contributed by atoms with Crippen LogP contribution in [0, 0.1) is 18.3 Å². The zero-order valence-electron chi connectivity index (χ0n) is 17.4. The Kier molecular flexibility index (Phi) is 6.34. The molecule has 158 valence electrons. The first-order valence-corrected chi connectivity index (χ1v) is 10.4. The Bertz CT molecular complexity index is 1090. The molecule has 0 radical (unpaired) electrons. The second kappa shape index (κ2) is 9.49. The fourth-order valence-corrected chi connectivity index (χ4v) is 3.59. The van der Waals surface area contributed by atoms with Gasteiger partial charge in [0.05, 0.1) is 36.3 Å². The van der Waals surface area contributed by atoms with Crippen molar-refractivity contribution >= 4 is 17.4 Å². The lowest BCUT2D eigenvalue weighted by Gasteiger charge is -2.22. The molecular formula is C23H24N6O2. The van der Waals surface area contributed by atoms with Crippen LogP contribution < -0.4 is 5.32 Å². The molecule has 3 heterocycles. The first-order valence-electron chi connectivity index (χ1n) is 10.4. The van der Waals surface area contributed by atoms with E-state index in [0.29, 0.717) is 18.1 Å². The molecule has 4 rings (SSSR count). The Morgan fingerprint density at radius 3 is 2.90 bits per heavy atom. The van der Waals surface area contributed by atoms with Crippen molar-refractivity contribution in [2.75, 3.05) is 18.5 Å². The standard InChI is InChI=1S/C23H24N6O2/c1-16-12-25-23(27-19-13-26-29(14-19)20-4-3-11-31-15-20)28-22(16)18-8-6-17(7-9-18)21(30)5-2-10-24/h6-9,12-14,20H,2-5,11,15H2,1H3,(H,25,27,28). The van der Waals surface area contributed by atoms with Gasteiger partial charge >= 0.3 is 0 Å². The van der Waals surface area contributed by atoms with Gasteiger partial charge in [0.15, 0.2) is 5.78 Å². The maximum Gasteiger partial charge on any atom is 0.227 e. The van der Waals surface area contributed by atoms with Gasteiger partial charge in [-0.2, -0.15) is 10.4 Å². The number of nitrogens with one attached hydrogen (secondary N) is 1. The average molecular weight is 416 g/mol. The molecule has 1 atom stereocenters.